The molecule has 5 heteroatoms. The lowest BCUT2D eigenvalue weighted by Crippen LogP contribution is -2.44. The molecule has 1 aliphatic heterocycles. The molecule has 17 heavy (non-hydrogen) atoms. The number of halogens is 1. The molecule has 1 rings (SSSR count). The molecule has 2 amide bonds. The standard InChI is InChI=1S/C12H17ClN2O2/c1-4-5-12(2,3)15-10(16)8-6-9(13)11(17)14-7-8/h6-7,9H,4-5H2,1-3H3,(H,15,16). The molecule has 1 aliphatic rings. The molecule has 1 N–H and O–H groups in total. The molecule has 0 saturated heterocycles. The monoisotopic (exact) mass is 256 g/mol. The van der Waals surface area contributed by atoms with Gasteiger partial charge in [0, 0.05) is 11.8 Å². The summed E-state index contributed by atoms with van der Waals surface area (Å²) in [5.41, 5.74) is 0.0674. The molecule has 0 aromatic heterocycles. The SMILES string of the molecule is CCCC(C)(C)NC(=O)C1=CC(Cl)C(=O)N=C1. The number of carbonyl (C=O) groups excluding carboxylic acids is 2. The van der Waals surface area contributed by atoms with Crippen LogP contribution in [0.2, 0.25) is 0 Å². The average Bonchev–Trinajstić information content (AvgIpc) is 2.21. The zero-order valence-electron chi connectivity index (χ0n) is 10.3. The maximum absolute atomic E-state index is 11.9. The minimum Gasteiger partial charge on any atom is -0.347 e. The van der Waals surface area contributed by atoms with Crippen molar-refractivity contribution >= 4 is 29.6 Å². The Hall–Kier alpha value is -1.16. The quantitative estimate of drug-likeness (QED) is 0.780. The number of dihydropyridines is 1. The fourth-order valence-electron chi connectivity index (χ4n) is 1.68. The third-order valence-electron chi connectivity index (χ3n) is 2.48. The lowest BCUT2D eigenvalue weighted by Gasteiger charge is -2.26. The minimum absolute atomic E-state index is 0.245. The Morgan fingerprint density at radius 2 is 2.24 bits per heavy atom. The van der Waals surface area contributed by atoms with Gasteiger partial charge in [0.05, 0.1) is 5.57 Å². The van der Waals surface area contributed by atoms with Crippen LogP contribution in [-0.2, 0) is 9.59 Å². The van der Waals surface area contributed by atoms with Crippen LogP contribution in [0.4, 0.5) is 0 Å². The topological polar surface area (TPSA) is 58.5 Å². The highest BCUT2D eigenvalue weighted by atomic mass is 35.5. The Balaban J connectivity index is 2.69. The molecule has 0 saturated carbocycles. The summed E-state index contributed by atoms with van der Waals surface area (Å²) in [5, 5.41) is 2.06. The lowest BCUT2D eigenvalue weighted by molar-refractivity contribution is -0.118. The van der Waals surface area contributed by atoms with Crippen LogP contribution in [0, 0.1) is 0 Å². The summed E-state index contributed by atoms with van der Waals surface area (Å²) in [7, 11) is 0. The van der Waals surface area contributed by atoms with Gasteiger partial charge in [0.2, 0.25) is 0 Å². The van der Waals surface area contributed by atoms with E-state index in [0.717, 1.165) is 12.8 Å². The first-order valence-corrected chi connectivity index (χ1v) is 6.05. The zero-order valence-corrected chi connectivity index (χ0v) is 11.0. The number of hydrogen-bond donors (Lipinski definition) is 1. The molecule has 94 valence electrons. The number of carbonyl (C=O) groups is 2. The van der Waals surface area contributed by atoms with Gasteiger partial charge in [-0.15, -0.1) is 11.6 Å². The second kappa shape index (κ2) is 5.45. The van der Waals surface area contributed by atoms with E-state index in [-0.39, 0.29) is 11.4 Å². The summed E-state index contributed by atoms with van der Waals surface area (Å²) in [6.07, 6.45) is 4.55. The number of rotatable bonds is 4. The molecule has 0 fully saturated rings. The highest BCUT2D eigenvalue weighted by Crippen LogP contribution is 2.14. The maximum Gasteiger partial charge on any atom is 0.267 e. The summed E-state index contributed by atoms with van der Waals surface area (Å²) in [6.45, 7) is 5.97. The predicted octanol–water partition coefficient (Wildman–Crippen LogP) is 1.83. The largest absolute Gasteiger partial charge is 0.347 e. The molecule has 0 aromatic rings. The van der Waals surface area contributed by atoms with Gasteiger partial charge in [0.1, 0.15) is 5.38 Å². The number of nitrogens with zero attached hydrogens (tertiary/aromatic N) is 1. The van der Waals surface area contributed by atoms with Crippen molar-refractivity contribution in [2.24, 2.45) is 4.99 Å². The minimum atomic E-state index is -0.838. The first-order chi connectivity index (χ1) is 7.85. The Bertz CT molecular complexity index is 386. The van der Waals surface area contributed by atoms with Crippen LogP contribution in [0.5, 0.6) is 0 Å². The van der Waals surface area contributed by atoms with Crippen LogP contribution in [0.1, 0.15) is 33.6 Å². The first-order valence-electron chi connectivity index (χ1n) is 5.62. The van der Waals surface area contributed by atoms with Crippen molar-refractivity contribution in [3.05, 3.63) is 11.6 Å². The third kappa shape index (κ3) is 3.97. The van der Waals surface area contributed by atoms with Crippen molar-refractivity contribution in [2.75, 3.05) is 0 Å². The smallest absolute Gasteiger partial charge is 0.267 e. The van der Waals surface area contributed by atoms with Gasteiger partial charge in [-0.3, -0.25) is 9.59 Å². The molecule has 0 bridgehead atoms. The van der Waals surface area contributed by atoms with Gasteiger partial charge in [-0.05, 0) is 26.3 Å². The second-order valence-corrected chi connectivity index (χ2v) is 5.18. The Morgan fingerprint density at radius 1 is 1.59 bits per heavy atom. The van der Waals surface area contributed by atoms with E-state index in [4.69, 9.17) is 11.6 Å². The van der Waals surface area contributed by atoms with E-state index >= 15 is 0 Å². The van der Waals surface area contributed by atoms with Crippen molar-refractivity contribution in [1.82, 2.24) is 5.32 Å². The van der Waals surface area contributed by atoms with Gasteiger partial charge in [-0.1, -0.05) is 13.3 Å². The fraction of sp³-hybridized carbons (Fsp3) is 0.583. The molecule has 1 atom stereocenters. The second-order valence-electron chi connectivity index (χ2n) is 4.71. The van der Waals surface area contributed by atoms with Gasteiger partial charge in [0.25, 0.3) is 11.8 Å². The molecule has 1 unspecified atom stereocenters. The zero-order chi connectivity index (χ0) is 13.1. The normalized spacial score (nSPS) is 20.1. The van der Waals surface area contributed by atoms with E-state index in [9.17, 15) is 9.59 Å². The van der Waals surface area contributed by atoms with Crippen molar-refractivity contribution in [1.29, 1.82) is 0 Å². The number of amides is 2. The maximum atomic E-state index is 11.9. The molecule has 0 aliphatic carbocycles. The van der Waals surface area contributed by atoms with Gasteiger partial charge in [0.15, 0.2) is 0 Å². The highest BCUT2D eigenvalue weighted by Gasteiger charge is 2.24. The summed E-state index contributed by atoms with van der Waals surface area (Å²) >= 11 is 5.72. The van der Waals surface area contributed by atoms with E-state index < -0.39 is 11.3 Å². The van der Waals surface area contributed by atoms with E-state index in [1.165, 1.54) is 12.3 Å². The van der Waals surface area contributed by atoms with Crippen LogP contribution in [0.3, 0.4) is 0 Å². The van der Waals surface area contributed by atoms with Crippen LogP contribution < -0.4 is 5.32 Å². The van der Waals surface area contributed by atoms with Crippen LogP contribution in [-0.4, -0.2) is 28.9 Å². The number of hydrogen-bond acceptors (Lipinski definition) is 2. The molecule has 4 nitrogen and oxygen atoms in total. The van der Waals surface area contributed by atoms with Crippen LogP contribution in [0.25, 0.3) is 0 Å². The predicted molar refractivity (Wildman–Crippen MR) is 68.4 cm³/mol. The molecule has 1 heterocycles. The molecular formula is C12H17ClN2O2. The van der Waals surface area contributed by atoms with Gasteiger partial charge < -0.3 is 5.32 Å². The summed E-state index contributed by atoms with van der Waals surface area (Å²) < 4.78 is 0. The van der Waals surface area contributed by atoms with Gasteiger partial charge >= 0.3 is 0 Å². The van der Waals surface area contributed by atoms with Crippen LogP contribution in [0.15, 0.2) is 16.6 Å². The molecule has 0 spiro atoms. The lowest BCUT2D eigenvalue weighted by atomic mass is 9.98. The average molecular weight is 257 g/mol. The summed E-state index contributed by atoms with van der Waals surface area (Å²) in [4.78, 5) is 26.5. The highest BCUT2D eigenvalue weighted by molar-refractivity contribution is 6.35. The van der Waals surface area contributed by atoms with Crippen LogP contribution >= 0.6 is 11.6 Å². The molecule has 0 radical (unpaired) electrons. The van der Waals surface area contributed by atoms with Crippen molar-refractivity contribution in [3.8, 4) is 0 Å². The van der Waals surface area contributed by atoms with Gasteiger partial charge in [-0.25, -0.2) is 4.99 Å². The Labute approximate surface area is 106 Å². The number of nitrogens with one attached hydrogen (secondary N) is 1. The van der Waals surface area contributed by atoms with E-state index in [1.54, 1.807) is 0 Å². The summed E-state index contributed by atoms with van der Waals surface area (Å²) in [5.74, 6) is -0.679. The first kappa shape index (κ1) is 13.9. The molecule has 0 aromatic carbocycles. The van der Waals surface area contributed by atoms with Crippen molar-refractivity contribution in [2.45, 2.75) is 44.5 Å². The van der Waals surface area contributed by atoms with E-state index in [1.807, 2.05) is 13.8 Å². The number of alkyl halides is 1. The fourth-order valence-corrected chi connectivity index (χ4v) is 1.87. The van der Waals surface area contributed by atoms with Gasteiger partial charge in [-0.2, -0.15) is 0 Å². The van der Waals surface area contributed by atoms with Crippen molar-refractivity contribution in [3.63, 3.8) is 0 Å². The molecular weight excluding hydrogens is 240 g/mol. The Morgan fingerprint density at radius 3 is 2.76 bits per heavy atom. The van der Waals surface area contributed by atoms with E-state index in [2.05, 4.69) is 17.2 Å². The van der Waals surface area contributed by atoms with Crippen molar-refractivity contribution < 1.29 is 9.59 Å². The summed E-state index contributed by atoms with van der Waals surface area (Å²) in [6, 6.07) is 0. The third-order valence-corrected chi connectivity index (χ3v) is 2.79. The van der Waals surface area contributed by atoms with E-state index in [0.29, 0.717) is 5.57 Å². The number of aliphatic imine (C=N–C) groups is 1. The Kier molecular flexibility index (Phi) is 4.46.